The average Bonchev–Trinajstić information content (AvgIpc) is 3.51. The highest BCUT2D eigenvalue weighted by molar-refractivity contribution is 5.82. The molecular formula is C28H39N7O6. The van der Waals surface area contributed by atoms with E-state index in [0.29, 0.717) is 63.3 Å². The second-order valence-electron chi connectivity index (χ2n) is 10.3. The Morgan fingerprint density at radius 1 is 1.20 bits per heavy atom. The molecule has 222 valence electrons. The average molecular weight is 570 g/mol. The Bertz CT molecular complexity index is 1390. The van der Waals surface area contributed by atoms with Crippen molar-refractivity contribution in [3.63, 3.8) is 0 Å². The lowest BCUT2D eigenvalue weighted by Gasteiger charge is -2.26. The zero-order valence-corrected chi connectivity index (χ0v) is 23.7. The molecule has 3 aromatic rings. The van der Waals surface area contributed by atoms with Gasteiger partial charge in [-0.15, -0.1) is 0 Å². The molecule has 0 saturated carbocycles. The maximum atomic E-state index is 13.4. The molecule has 1 aliphatic heterocycles. The van der Waals surface area contributed by atoms with Crippen molar-refractivity contribution in [1.82, 2.24) is 29.3 Å². The summed E-state index contributed by atoms with van der Waals surface area (Å²) in [6.45, 7) is 4.88. The molecular weight excluding hydrogens is 530 g/mol. The van der Waals surface area contributed by atoms with Crippen molar-refractivity contribution in [3.05, 3.63) is 45.9 Å². The molecule has 1 amide bonds. The molecule has 3 heterocycles. The quantitative estimate of drug-likeness (QED) is 0.189. The highest BCUT2D eigenvalue weighted by atomic mass is 16.5. The Balaban J connectivity index is 1.47. The summed E-state index contributed by atoms with van der Waals surface area (Å²) in [5, 5.41) is 9.89. The summed E-state index contributed by atoms with van der Waals surface area (Å²) in [5.74, 6) is -0.249. The number of amides is 1. The van der Waals surface area contributed by atoms with Crippen LogP contribution in [0.15, 0.2) is 29.1 Å². The number of fused-ring (bicyclic) bond motifs is 1. The number of nitrogens with zero attached hydrogens (tertiary/aromatic N) is 5. The first kappa shape index (κ1) is 30.0. The van der Waals surface area contributed by atoms with Crippen molar-refractivity contribution < 1.29 is 24.2 Å². The number of aryl methyl sites for hydroxylation is 1. The lowest BCUT2D eigenvalue weighted by atomic mass is 10.1. The number of rotatable bonds is 14. The van der Waals surface area contributed by atoms with Gasteiger partial charge in [0.15, 0.2) is 11.5 Å². The van der Waals surface area contributed by atoms with E-state index in [9.17, 15) is 19.5 Å². The minimum Gasteiger partial charge on any atom is -0.469 e. The molecule has 0 bridgehead atoms. The summed E-state index contributed by atoms with van der Waals surface area (Å²) in [4.78, 5) is 52.7. The minimum absolute atomic E-state index is 0.0674. The number of esters is 1. The SMILES string of the molecule is CCCCOc1nc(N)c2[nH]c(=O)n(CCCN(Cc3ccc(CC(=O)OC)cc3)C(=O)CN3CCC(O)C3)c2n1. The fourth-order valence-corrected chi connectivity index (χ4v) is 4.79. The first-order chi connectivity index (χ1) is 19.8. The number of anilines is 1. The summed E-state index contributed by atoms with van der Waals surface area (Å²) < 4.78 is 11.8. The van der Waals surface area contributed by atoms with E-state index in [1.54, 1.807) is 4.90 Å². The van der Waals surface area contributed by atoms with Crippen LogP contribution in [0.2, 0.25) is 0 Å². The van der Waals surface area contributed by atoms with Crippen LogP contribution in [-0.2, 0) is 33.8 Å². The van der Waals surface area contributed by atoms with Gasteiger partial charge in [0.1, 0.15) is 5.52 Å². The van der Waals surface area contributed by atoms with Crippen LogP contribution < -0.4 is 16.2 Å². The highest BCUT2D eigenvalue weighted by Crippen LogP contribution is 2.19. The molecule has 1 unspecified atom stereocenters. The number of methoxy groups -OCH3 is 1. The normalized spacial score (nSPS) is 15.3. The van der Waals surface area contributed by atoms with Crippen LogP contribution in [0.4, 0.5) is 5.82 Å². The molecule has 13 nitrogen and oxygen atoms in total. The van der Waals surface area contributed by atoms with Crippen molar-refractivity contribution in [2.24, 2.45) is 0 Å². The molecule has 4 rings (SSSR count). The Morgan fingerprint density at radius 3 is 2.63 bits per heavy atom. The summed E-state index contributed by atoms with van der Waals surface area (Å²) in [6, 6.07) is 7.60. The third kappa shape index (κ3) is 8.04. The topological polar surface area (TPSA) is 169 Å². The molecule has 1 atom stereocenters. The zero-order valence-electron chi connectivity index (χ0n) is 23.7. The number of unbranched alkanes of at least 4 members (excludes halogenated alkanes) is 1. The van der Waals surface area contributed by atoms with Gasteiger partial charge in [0, 0.05) is 32.7 Å². The van der Waals surface area contributed by atoms with Gasteiger partial charge in [-0.2, -0.15) is 9.97 Å². The lowest BCUT2D eigenvalue weighted by molar-refractivity contribution is -0.139. The Hall–Kier alpha value is -3.97. The molecule has 1 saturated heterocycles. The number of nitrogen functional groups attached to an aromatic ring is 1. The van der Waals surface area contributed by atoms with E-state index in [-0.39, 0.29) is 42.4 Å². The van der Waals surface area contributed by atoms with Crippen LogP contribution in [0.25, 0.3) is 11.2 Å². The predicted molar refractivity (Wildman–Crippen MR) is 152 cm³/mol. The van der Waals surface area contributed by atoms with Crippen LogP contribution in [0.1, 0.15) is 43.7 Å². The van der Waals surface area contributed by atoms with Crippen molar-refractivity contribution in [2.45, 2.75) is 58.2 Å². The van der Waals surface area contributed by atoms with Gasteiger partial charge >= 0.3 is 17.7 Å². The molecule has 41 heavy (non-hydrogen) atoms. The van der Waals surface area contributed by atoms with Gasteiger partial charge in [-0.25, -0.2) is 4.79 Å². The molecule has 1 aliphatic rings. The van der Waals surface area contributed by atoms with Gasteiger partial charge in [-0.05, 0) is 30.4 Å². The largest absolute Gasteiger partial charge is 0.469 e. The van der Waals surface area contributed by atoms with E-state index in [0.717, 1.165) is 24.0 Å². The maximum absolute atomic E-state index is 13.4. The van der Waals surface area contributed by atoms with Gasteiger partial charge in [0.2, 0.25) is 5.91 Å². The molecule has 1 fully saturated rings. The number of H-pyrrole nitrogens is 1. The van der Waals surface area contributed by atoms with Crippen LogP contribution in [0.3, 0.4) is 0 Å². The fourth-order valence-electron chi connectivity index (χ4n) is 4.79. The second-order valence-corrected chi connectivity index (χ2v) is 10.3. The number of imidazole rings is 1. The first-order valence-electron chi connectivity index (χ1n) is 14.0. The van der Waals surface area contributed by atoms with E-state index >= 15 is 0 Å². The summed E-state index contributed by atoms with van der Waals surface area (Å²) >= 11 is 0. The Morgan fingerprint density at radius 2 is 1.95 bits per heavy atom. The number of nitrogens with one attached hydrogen (secondary N) is 1. The maximum Gasteiger partial charge on any atom is 0.327 e. The van der Waals surface area contributed by atoms with Gasteiger partial charge in [-0.1, -0.05) is 37.6 Å². The number of hydrogen-bond donors (Lipinski definition) is 3. The van der Waals surface area contributed by atoms with Gasteiger partial charge in [0.05, 0.1) is 32.8 Å². The first-order valence-corrected chi connectivity index (χ1v) is 14.0. The number of aliphatic hydroxyl groups excluding tert-OH is 1. The molecule has 13 heteroatoms. The minimum atomic E-state index is -0.419. The fraction of sp³-hybridized carbons (Fsp3) is 0.536. The summed E-state index contributed by atoms with van der Waals surface area (Å²) in [7, 11) is 1.35. The number of aromatic amines is 1. The van der Waals surface area contributed by atoms with E-state index in [1.807, 2.05) is 36.1 Å². The standard InChI is InChI=1S/C28H39N7O6/c1-3-4-14-41-27-31-25(29)24-26(32-27)35(28(39)30-24)12-5-11-34(22(37)18-33-13-10-21(36)17-33)16-20-8-6-19(7-9-20)15-23(38)40-2/h6-9,21,36H,3-5,10-18H2,1-2H3,(H,30,39)(H2,29,31,32). The second kappa shape index (κ2) is 14.1. The number of aliphatic hydroxyl groups is 1. The molecule has 0 spiro atoms. The summed E-state index contributed by atoms with van der Waals surface area (Å²) in [6.07, 6.45) is 2.69. The lowest BCUT2D eigenvalue weighted by Crippen LogP contribution is -2.40. The molecule has 0 radical (unpaired) electrons. The molecule has 4 N–H and O–H groups in total. The number of carbonyl (C=O) groups is 2. The number of β-amino-alcohol motifs (C(OH)–C–C–N with tert-alkyl or cyclic N) is 1. The molecule has 2 aromatic heterocycles. The zero-order chi connectivity index (χ0) is 29.4. The highest BCUT2D eigenvalue weighted by Gasteiger charge is 2.25. The third-order valence-electron chi connectivity index (χ3n) is 7.10. The van der Waals surface area contributed by atoms with Crippen LogP contribution in [0, 0.1) is 0 Å². The number of carbonyl (C=O) groups excluding carboxylic acids is 2. The van der Waals surface area contributed by atoms with Gasteiger partial charge < -0.3 is 30.2 Å². The Labute approximate surface area is 238 Å². The predicted octanol–water partition coefficient (Wildman–Crippen LogP) is 1.08. The number of likely N-dealkylation sites (tertiary alicyclic amines) is 1. The van der Waals surface area contributed by atoms with Crippen LogP contribution in [0.5, 0.6) is 6.01 Å². The van der Waals surface area contributed by atoms with Crippen LogP contribution >= 0.6 is 0 Å². The van der Waals surface area contributed by atoms with E-state index in [1.165, 1.54) is 11.7 Å². The third-order valence-corrected chi connectivity index (χ3v) is 7.10. The van der Waals surface area contributed by atoms with Crippen molar-refractivity contribution >= 4 is 28.9 Å². The smallest absolute Gasteiger partial charge is 0.327 e. The number of nitrogens with two attached hydrogens (primary N) is 1. The van der Waals surface area contributed by atoms with E-state index < -0.39 is 6.10 Å². The van der Waals surface area contributed by atoms with E-state index in [4.69, 9.17) is 15.2 Å². The van der Waals surface area contributed by atoms with Crippen molar-refractivity contribution in [1.29, 1.82) is 0 Å². The molecule has 1 aromatic carbocycles. The molecule has 0 aliphatic carbocycles. The van der Waals surface area contributed by atoms with Crippen LogP contribution in [-0.4, -0.2) is 92.3 Å². The number of benzene rings is 1. The van der Waals surface area contributed by atoms with E-state index in [2.05, 4.69) is 15.0 Å². The van der Waals surface area contributed by atoms with Gasteiger partial charge in [0.25, 0.3) is 0 Å². The summed E-state index contributed by atoms with van der Waals surface area (Å²) in [5.41, 5.74) is 8.14. The number of aromatic nitrogens is 4. The van der Waals surface area contributed by atoms with Gasteiger partial charge in [-0.3, -0.25) is 19.1 Å². The monoisotopic (exact) mass is 569 g/mol. The number of ether oxygens (including phenoxy) is 2. The number of hydrogen-bond acceptors (Lipinski definition) is 10. The Kier molecular flexibility index (Phi) is 10.3. The van der Waals surface area contributed by atoms with Crippen molar-refractivity contribution in [2.75, 3.05) is 45.6 Å². The van der Waals surface area contributed by atoms with Crippen molar-refractivity contribution in [3.8, 4) is 6.01 Å².